The molecule has 3 aliphatic carbocycles. The Balaban J connectivity index is 1.02. The Kier molecular flexibility index (Phi) is 6.76. The monoisotopic (exact) mass is 728 g/mol. The van der Waals surface area contributed by atoms with Gasteiger partial charge in [-0.25, -0.2) is 0 Å². The Hall–Kier alpha value is -5.34. The molecule has 278 valence electrons. The molecule has 5 aromatic carbocycles. The molecule has 3 heterocycles. The quantitative estimate of drug-likeness (QED) is 0.182. The van der Waals surface area contributed by atoms with Crippen LogP contribution in [0.3, 0.4) is 0 Å². The normalized spacial score (nSPS) is 22.1. The Bertz CT molecular complexity index is 2650. The molecule has 1 atom stereocenters. The minimum atomic E-state index is -0.0856. The Morgan fingerprint density at radius 2 is 1.12 bits per heavy atom. The van der Waals surface area contributed by atoms with Gasteiger partial charge in [-0.05, 0) is 117 Å². The maximum absolute atomic E-state index is 2.75. The molecule has 1 saturated heterocycles. The molecule has 0 spiro atoms. The maximum atomic E-state index is 2.75. The second-order valence-electron chi connectivity index (χ2n) is 19.3. The number of fused-ring (bicyclic) bond motifs is 3. The van der Waals surface area contributed by atoms with Gasteiger partial charge < -0.3 is 9.80 Å². The van der Waals surface area contributed by atoms with Gasteiger partial charge >= 0.3 is 0 Å². The third-order valence-electron chi connectivity index (χ3n) is 14.9. The lowest BCUT2D eigenvalue weighted by atomic mass is 9.55. The summed E-state index contributed by atoms with van der Waals surface area (Å²) < 4.78 is 0. The molecule has 0 amide bonds. The van der Waals surface area contributed by atoms with Gasteiger partial charge in [0.2, 0.25) is 0 Å². The summed E-state index contributed by atoms with van der Waals surface area (Å²) in [5.41, 5.74) is 23.9. The van der Waals surface area contributed by atoms with Crippen LogP contribution in [0.25, 0.3) is 11.1 Å². The van der Waals surface area contributed by atoms with E-state index in [0.717, 1.165) is 19.3 Å². The lowest BCUT2D eigenvalue weighted by molar-refractivity contribution is 0.450. The van der Waals surface area contributed by atoms with E-state index < -0.39 is 0 Å². The van der Waals surface area contributed by atoms with Crippen LogP contribution in [-0.4, -0.2) is 0 Å². The molecule has 0 radical (unpaired) electrons. The lowest BCUT2D eigenvalue weighted by Crippen LogP contribution is -2.51. The average Bonchev–Trinajstić information content (AvgIpc) is 3.43. The Morgan fingerprint density at radius 3 is 1.88 bits per heavy atom. The molecule has 11 rings (SSSR count). The smallest absolute Gasteiger partial charge is 0.0543 e. The van der Waals surface area contributed by atoms with Crippen LogP contribution in [0.2, 0.25) is 0 Å². The van der Waals surface area contributed by atoms with Gasteiger partial charge in [-0.2, -0.15) is 0 Å². The van der Waals surface area contributed by atoms with E-state index in [0.29, 0.717) is 5.92 Å². The van der Waals surface area contributed by atoms with Crippen molar-refractivity contribution in [2.24, 2.45) is 5.41 Å². The van der Waals surface area contributed by atoms with E-state index in [1.807, 2.05) is 0 Å². The summed E-state index contributed by atoms with van der Waals surface area (Å²) >= 11 is 0. The summed E-state index contributed by atoms with van der Waals surface area (Å²) in [6.45, 7) is 19.7. The predicted octanol–water partition coefficient (Wildman–Crippen LogP) is 14.2. The first kappa shape index (κ1) is 34.0. The summed E-state index contributed by atoms with van der Waals surface area (Å²) in [4.78, 5) is 5.19. The van der Waals surface area contributed by atoms with E-state index in [1.165, 1.54) is 84.2 Å². The van der Waals surface area contributed by atoms with Crippen LogP contribution in [0.1, 0.15) is 108 Å². The fraction of sp³-hybridized carbons (Fsp3) is 0.296. The molecule has 6 aliphatic rings. The van der Waals surface area contributed by atoms with Gasteiger partial charge in [0.05, 0.1) is 17.1 Å². The number of anilines is 4. The topological polar surface area (TPSA) is 6.48 Å². The highest BCUT2D eigenvalue weighted by atomic mass is 15.2. The van der Waals surface area contributed by atoms with Crippen LogP contribution in [0.15, 0.2) is 161 Å². The van der Waals surface area contributed by atoms with E-state index in [-0.39, 0.29) is 21.7 Å². The van der Waals surface area contributed by atoms with Crippen LogP contribution in [0, 0.1) is 5.41 Å². The lowest BCUT2D eigenvalue weighted by Gasteiger charge is -2.59. The molecule has 1 unspecified atom stereocenters. The zero-order valence-corrected chi connectivity index (χ0v) is 34.2. The number of hydrogen-bond acceptors (Lipinski definition) is 2. The number of para-hydroxylation sites is 2. The summed E-state index contributed by atoms with van der Waals surface area (Å²) in [7, 11) is 0. The molecular formula is C54H52N2. The maximum Gasteiger partial charge on any atom is 0.0543 e. The van der Waals surface area contributed by atoms with Crippen LogP contribution in [0.5, 0.6) is 0 Å². The van der Waals surface area contributed by atoms with E-state index in [1.54, 1.807) is 11.1 Å². The number of piperidine rings is 1. The van der Waals surface area contributed by atoms with Gasteiger partial charge in [-0.1, -0.05) is 146 Å². The van der Waals surface area contributed by atoms with E-state index >= 15 is 0 Å². The third kappa shape index (κ3) is 4.28. The Morgan fingerprint density at radius 1 is 0.518 bits per heavy atom. The predicted molar refractivity (Wildman–Crippen MR) is 234 cm³/mol. The van der Waals surface area contributed by atoms with Gasteiger partial charge in [0.1, 0.15) is 0 Å². The first-order valence-corrected chi connectivity index (χ1v) is 20.9. The Labute approximate surface area is 333 Å². The SMILES string of the molecule is CC1(C)C2=CCCC3=C2N2C4=C(CC(c5ccc(N(c6ccccc6)c6ccc7c(c6)C(C)(C)c6ccccc6-7)cc5)C=C41)C(C)(C)c1cccc(c12)C3(C)C. The van der Waals surface area contributed by atoms with Gasteiger partial charge in [0.15, 0.2) is 0 Å². The van der Waals surface area contributed by atoms with Crippen molar-refractivity contribution in [2.75, 3.05) is 9.80 Å². The highest BCUT2D eigenvalue weighted by Crippen LogP contribution is 2.67. The van der Waals surface area contributed by atoms with Gasteiger partial charge in [-0.3, -0.25) is 0 Å². The largest absolute Gasteiger partial charge is 0.310 e. The summed E-state index contributed by atoms with van der Waals surface area (Å²) in [5, 5.41) is 0. The highest BCUT2D eigenvalue weighted by molar-refractivity contribution is 5.88. The van der Waals surface area contributed by atoms with Crippen molar-refractivity contribution in [3.63, 3.8) is 0 Å². The van der Waals surface area contributed by atoms with E-state index in [9.17, 15) is 0 Å². The minimum Gasteiger partial charge on any atom is -0.310 e. The van der Waals surface area contributed by atoms with Crippen LogP contribution >= 0.6 is 0 Å². The second kappa shape index (κ2) is 11.2. The average molecular weight is 729 g/mol. The van der Waals surface area contributed by atoms with Gasteiger partial charge in [0, 0.05) is 44.6 Å². The van der Waals surface area contributed by atoms with Crippen LogP contribution in [-0.2, 0) is 16.2 Å². The first-order chi connectivity index (χ1) is 26.8. The standard InChI is InChI=1S/C54H52N2/c1-51(2)40-19-13-12-18-38(40)39-29-28-37(32-45(39)51)55(35-16-10-9-11-17-35)36-26-24-33(25-27-36)34-30-46-50-47(31-34)54(7,8)44-23-15-21-42-49(44)56(50)48-41(52(42,3)4)20-14-22-43(48)53(46,5)6/h9-14,16-20,22-29,31-32,34H,15,21,30H2,1-8H3. The summed E-state index contributed by atoms with van der Waals surface area (Å²) in [6, 6.07) is 43.6. The van der Waals surface area contributed by atoms with Crippen molar-refractivity contribution in [1.82, 2.24) is 0 Å². The number of benzene rings is 5. The fourth-order valence-corrected chi connectivity index (χ4v) is 11.8. The third-order valence-corrected chi connectivity index (χ3v) is 14.9. The molecule has 3 aliphatic heterocycles. The molecule has 2 nitrogen and oxygen atoms in total. The van der Waals surface area contributed by atoms with Crippen molar-refractivity contribution < 1.29 is 0 Å². The van der Waals surface area contributed by atoms with Crippen molar-refractivity contribution >= 4 is 22.7 Å². The molecule has 2 heteroatoms. The summed E-state index contributed by atoms with van der Waals surface area (Å²) in [5.74, 6) is 0.293. The van der Waals surface area contributed by atoms with Crippen molar-refractivity contribution in [2.45, 2.75) is 96.8 Å². The number of nitrogens with zero attached hydrogens (tertiary/aromatic N) is 2. The molecule has 0 N–H and O–H groups in total. The number of rotatable bonds is 4. The molecule has 1 fully saturated rings. The molecular weight excluding hydrogens is 677 g/mol. The molecule has 0 aromatic heterocycles. The molecule has 5 aromatic rings. The zero-order valence-electron chi connectivity index (χ0n) is 34.2. The van der Waals surface area contributed by atoms with Crippen molar-refractivity contribution in [3.8, 4) is 11.1 Å². The highest BCUT2D eigenvalue weighted by Gasteiger charge is 2.55. The molecule has 0 bridgehead atoms. The number of hydrogen-bond donors (Lipinski definition) is 0. The summed E-state index contributed by atoms with van der Waals surface area (Å²) in [6.07, 6.45) is 8.52. The number of allylic oxidation sites excluding steroid dienone is 6. The van der Waals surface area contributed by atoms with Crippen molar-refractivity contribution in [3.05, 3.63) is 189 Å². The van der Waals surface area contributed by atoms with Gasteiger partial charge in [-0.15, -0.1) is 0 Å². The minimum absolute atomic E-state index is 0.00963. The zero-order chi connectivity index (χ0) is 38.5. The molecule has 0 saturated carbocycles. The van der Waals surface area contributed by atoms with E-state index in [4.69, 9.17) is 0 Å². The van der Waals surface area contributed by atoms with Crippen molar-refractivity contribution in [1.29, 1.82) is 0 Å². The van der Waals surface area contributed by atoms with Gasteiger partial charge in [0.25, 0.3) is 0 Å². The van der Waals surface area contributed by atoms with Crippen LogP contribution < -0.4 is 9.80 Å². The van der Waals surface area contributed by atoms with Crippen LogP contribution in [0.4, 0.5) is 22.7 Å². The molecule has 56 heavy (non-hydrogen) atoms. The second-order valence-corrected chi connectivity index (χ2v) is 19.3. The fourth-order valence-electron chi connectivity index (χ4n) is 11.8. The first-order valence-electron chi connectivity index (χ1n) is 20.9. The van der Waals surface area contributed by atoms with E-state index in [2.05, 4.69) is 193 Å².